The van der Waals surface area contributed by atoms with Gasteiger partial charge in [0.1, 0.15) is 5.60 Å². The molecule has 0 amide bonds. The summed E-state index contributed by atoms with van der Waals surface area (Å²) in [5.74, 6) is 1.65. The SMILES string of the molecule is CC(=O)[C@]1(O)CC[C@H]2[C@H]3CC=C4C[C@@H](O)CC[C@]4(C)[C@@H]3CC[C@]21C. The molecule has 4 aliphatic rings. The molecule has 3 fully saturated rings. The van der Waals surface area contributed by atoms with Crippen LogP contribution in [-0.4, -0.2) is 27.7 Å². The molecule has 0 unspecified atom stereocenters. The highest BCUT2D eigenvalue weighted by atomic mass is 16.3. The Balaban J connectivity index is 1.69. The van der Waals surface area contributed by atoms with Crippen LogP contribution in [0.4, 0.5) is 0 Å². The van der Waals surface area contributed by atoms with E-state index < -0.39 is 5.60 Å². The van der Waals surface area contributed by atoms with Gasteiger partial charge in [-0.3, -0.25) is 4.79 Å². The number of rotatable bonds is 1. The first-order valence-electron chi connectivity index (χ1n) is 9.83. The molecule has 2 N–H and O–H groups in total. The summed E-state index contributed by atoms with van der Waals surface area (Å²) in [6, 6.07) is 0. The van der Waals surface area contributed by atoms with Gasteiger partial charge < -0.3 is 10.2 Å². The molecule has 0 spiro atoms. The van der Waals surface area contributed by atoms with Gasteiger partial charge in [0.2, 0.25) is 0 Å². The predicted molar refractivity (Wildman–Crippen MR) is 93.3 cm³/mol. The van der Waals surface area contributed by atoms with Crippen LogP contribution in [0.1, 0.15) is 72.1 Å². The van der Waals surface area contributed by atoms with E-state index in [2.05, 4.69) is 19.9 Å². The molecule has 3 nitrogen and oxygen atoms in total. The van der Waals surface area contributed by atoms with Crippen LogP contribution >= 0.6 is 0 Å². The average molecular weight is 332 g/mol. The van der Waals surface area contributed by atoms with Crippen LogP contribution in [0.2, 0.25) is 0 Å². The van der Waals surface area contributed by atoms with Crippen LogP contribution in [0.15, 0.2) is 11.6 Å². The first kappa shape index (κ1) is 16.8. The van der Waals surface area contributed by atoms with Crippen molar-refractivity contribution in [3.05, 3.63) is 11.6 Å². The number of Topliss-reactive ketones (excluding diaryl/α,β-unsaturated/α-hetero) is 1. The minimum Gasteiger partial charge on any atom is -0.393 e. The quantitative estimate of drug-likeness (QED) is 0.721. The summed E-state index contributed by atoms with van der Waals surface area (Å²) in [5, 5.41) is 21.2. The molecule has 3 saturated carbocycles. The Bertz CT molecular complexity index is 596. The Morgan fingerprint density at radius 1 is 1.12 bits per heavy atom. The first-order valence-corrected chi connectivity index (χ1v) is 9.83. The van der Waals surface area contributed by atoms with Crippen molar-refractivity contribution in [3.63, 3.8) is 0 Å². The van der Waals surface area contributed by atoms with Gasteiger partial charge in [-0.1, -0.05) is 25.5 Å². The monoisotopic (exact) mass is 332 g/mol. The zero-order valence-corrected chi connectivity index (χ0v) is 15.3. The van der Waals surface area contributed by atoms with Gasteiger partial charge in [0, 0.05) is 5.41 Å². The van der Waals surface area contributed by atoms with E-state index in [1.165, 1.54) is 5.57 Å². The Morgan fingerprint density at radius 3 is 2.54 bits per heavy atom. The Hall–Kier alpha value is -0.670. The van der Waals surface area contributed by atoms with E-state index in [0.717, 1.165) is 44.9 Å². The number of hydrogen-bond donors (Lipinski definition) is 2. The molecule has 4 rings (SSSR count). The van der Waals surface area contributed by atoms with Crippen molar-refractivity contribution in [2.75, 3.05) is 0 Å². The van der Waals surface area contributed by atoms with E-state index in [1.807, 2.05) is 0 Å². The molecule has 0 saturated heterocycles. The number of hydrogen-bond acceptors (Lipinski definition) is 3. The van der Waals surface area contributed by atoms with Crippen molar-refractivity contribution in [3.8, 4) is 0 Å². The van der Waals surface area contributed by atoms with Crippen LogP contribution in [-0.2, 0) is 4.79 Å². The lowest BCUT2D eigenvalue weighted by Crippen LogP contribution is -2.56. The number of carbonyl (C=O) groups is 1. The van der Waals surface area contributed by atoms with Crippen LogP contribution in [0.25, 0.3) is 0 Å². The highest BCUT2D eigenvalue weighted by Gasteiger charge is 2.65. The van der Waals surface area contributed by atoms with Crippen molar-refractivity contribution in [2.45, 2.75) is 83.8 Å². The average Bonchev–Trinajstić information content (AvgIpc) is 2.81. The number of carbonyl (C=O) groups excluding carboxylic acids is 1. The first-order chi connectivity index (χ1) is 11.2. The molecule has 0 aliphatic heterocycles. The molecule has 0 bridgehead atoms. The predicted octanol–water partition coefficient (Wildman–Crippen LogP) is 3.63. The fourth-order valence-electron chi connectivity index (χ4n) is 7.24. The van der Waals surface area contributed by atoms with E-state index >= 15 is 0 Å². The maximum Gasteiger partial charge on any atom is 0.161 e. The maximum atomic E-state index is 12.2. The molecule has 0 aromatic rings. The summed E-state index contributed by atoms with van der Waals surface area (Å²) in [6.45, 7) is 6.16. The summed E-state index contributed by atoms with van der Waals surface area (Å²) >= 11 is 0. The van der Waals surface area contributed by atoms with E-state index in [1.54, 1.807) is 6.92 Å². The summed E-state index contributed by atoms with van der Waals surface area (Å²) < 4.78 is 0. The van der Waals surface area contributed by atoms with Crippen LogP contribution in [0.5, 0.6) is 0 Å². The van der Waals surface area contributed by atoms with Crippen molar-refractivity contribution >= 4 is 5.78 Å². The lowest BCUT2D eigenvalue weighted by Gasteiger charge is -2.58. The van der Waals surface area contributed by atoms with E-state index in [-0.39, 0.29) is 22.7 Å². The molecule has 4 aliphatic carbocycles. The smallest absolute Gasteiger partial charge is 0.161 e. The largest absolute Gasteiger partial charge is 0.393 e. The molecule has 134 valence electrons. The highest BCUT2D eigenvalue weighted by molar-refractivity contribution is 5.86. The van der Waals surface area contributed by atoms with Gasteiger partial charge in [-0.25, -0.2) is 0 Å². The molecule has 0 radical (unpaired) electrons. The van der Waals surface area contributed by atoms with Crippen LogP contribution in [0.3, 0.4) is 0 Å². The third kappa shape index (κ3) is 1.94. The zero-order valence-electron chi connectivity index (χ0n) is 15.3. The molecule has 7 atom stereocenters. The van der Waals surface area contributed by atoms with E-state index in [9.17, 15) is 15.0 Å². The van der Waals surface area contributed by atoms with Crippen molar-refractivity contribution < 1.29 is 15.0 Å². The summed E-state index contributed by atoms with van der Waals surface area (Å²) in [6.07, 6.45) is 9.84. The van der Waals surface area contributed by atoms with E-state index in [4.69, 9.17) is 0 Å². The van der Waals surface area contributed by atoms with Gasteiger partial charge in [0.25, 0.3) is 0 Å². The Labute approximate surface area is 145 Å². The topological polar surface area (TPSA) is 57.5 Å². The fourth-order valence-corrected chi connectivity index (χ4v) is 7.24. The van der Waals surface area contributed by atoms with Gasteiger partial charge in [-0.05, 0) is 81.5 Å². The molecular formula is C21H32O3. The van der Waals surface area contributed by atoms with Gasteiger partial charge in [-0.15, -0.1) is 0 Å². The second-order valence-electron chi connectivity index (χ2n) is 9.57. The van der Waals surface area contributed by atoms with Crippen LogP contribution < -0.4 is 0 Å². The fraction of sp³-hybridized carbons (Fsp3) is 0.857. The molecular weight excluding hydrogens is 300 g/mol. The normalized spacial score (nSPS) is 53.6. The lowest BCUT2D eigenvalue weighted by atomic mass is 9.47. The standard InChI is InChI=1S/C21H32O3/c1-13(22)21(24)11-8-18-16-5-4-14-12-15(23)6-9-19(14,2)17(16)7-10-20(18,21)3/h4,15-18,23-24H,5-12H2,1-3H3/t15-,16-,17+,18-,19-,20+,21+/m0/s1. The zero-order chi connectivity index (χ0) is 17.3. The number of aliphatic hydroxyl groups is 2. The van der Waals surface area contributed by atoms with Crippen molar-refractivity contribution in [1.82, 2.24) is 0 Å². The van der Waals surface area contributed by atoms with Gasteiger partial charge >= 0.3 is 0 Å². The summed E-state index contributed by atoms with van der Waals surface area (Å²) in [7, 11) is 0. The molecule has 3 heteroatoms. The second-order valence-corrected chi connectivity index (χ2v) is 9.57. The molecule has 24 heavy (non-hydrogen) atoms. The summed E-state index contributed by atoms with van der Waals surface area (Å²) in [4.78, 5) is 12.2. The number of fused-ring (bicyclic) bond motifs is 5. The van der Waals surface area contributed by atoms with E-state index in [0.29, 0.717) is 24.2 Å². The third-order valence-electron chi connectivity index (χ3n) is 8.81. The van der Waals surface area contributed by atoms with Crippen LogP contribution in [0, 0.1) is 28.6 Å². The Morgan fingerprint density at radius 2 is 1.83 bits per heavy atom. The van der Waals surface area contributed by atoms with Gasteiger partial charge in [0.15, 0.2) is 5.78 Å². The molecule has 0 heterocycles. The summed E-state index contributed by atoms with van der Waals surface area (Å²) in [5.41, 5.74) is 0.331. The minimum atomic E-state index is -1.11. The number of aliphatic hydroxyl groups excluding tert-OH is 1. The molecule has 0 aromatic carbocycles. The number of ketones is 1. The number of allylic oxidation sites excluding steroid dienone is 1. The van der Waals surface area contributed by atoms with Crippen molar-refractivity contribution in [1.29, 1.82) is 0 Å². The lowest BCUT2D eigenvalue weighted by molar-refractivity contribution is -0.159. The molecule has 0 aromatic heterocycles. The van der Waals surface area contributed by atoms with Gasteiger partial charge in [0.05, 0.1) is 6.10 Å². The highest BCUT2D eigenvalue weighted by Crippen LogP contribution is 2.67. The third-order valence-corrected chi connectivity index (χ3v) is 8.81. The van der Waals surface area contributed by atoms with Crippen molar-refractivity contribution in [2.24, 2.45) is 28.6 Å². The van der Waals surface area contributed by atoms with Gasteiger partial charge in [-0.2, -0.15) is 0 Å². The minimum absolute atomic E-state index is 0.0370. The second kappa shape index (κ2) is 5.17. The maximum absolute atomic E-state index is 12.2. The Kier molecular flexibility index (Phi) is 3.61.